The van der Waals surface area contributed by atoms with Crippen molar-refractivity contribution in [3.05, 3.63) is 124 Å². The van der Waals surface area contributed by atoms with E-state index in [1.54, 1.807) is 28.8 Å². The molecule has 208 valence electrons. The number of nitrogens with zero attached hydrogens (tertiary/aromatic N) is 7. The monoisotopic (exact) mass is 577 g/mol. The average molecular weight is 578 g/mol. The number of benzene rings is 3. The predicted octanol–water partition coefficient (Wildman–Crippen LogP) is 6.12. The summed E-state index contributed by atoms with van der Waals surface area (Å²) in [6.07, 6.45) is 3.24. The molecule has 0 saturated heterocycles. The maximum absolute atomic E-state index is 6.47. The van der Waals surface area contributed by atoms with Gasteiger partial charge in [-0.2, -0.15) is 5.10 Å². The topological polar surface area (TPSA) is 101 Å². The van der Waals surface area contributed by atoms with Gasteiger partial charge in [0, 0.05) is 5.02 Å². The third-order valence-corrected chi connectivity index (χ3v) is 7.31. The van der Waals surface area contributed by atoms with E-state index in [2.05, 4.69) is 15.2 Å². The van der Waals surface area contributed by atoms with Gasteiger partial charge in [-0.25, -0.2) is 19.2 Å². The van der Waals surface area contributed by atoms with Crippen LogP contribution in [0.2, 0.25) is 5.02 Å². The number of aromatic nitrogens is 6. The van der Waals surface area contributed by atoms with Gasteiger partial charge in [-0.05, 0) is 54.4 Å². The third kappa shape index (κ3) is 4.61. The predicted molar refractivity (Wildman–Crippen MR) is 157 cm³/mol. The SMILES string of the molecule is COc1ccc([C@H]2c3c(C)nn(-c4ccc(Cl)cc4)c3Oc3ncn4nc(CO/N=C\c5ccccc5)nc4c32)cc1. The molecule has 0 aliphatic carbocycles. The molecule has 1 atom stereocenters. The first-order valence-electron chi connectivity index (χ1n) is 13.2. The highest BCUT2D eigenvalue weighted by molar-refractivity contribution is 6.30. The molecule has 3 aromatic heterocycles. The van der Waals surface area contributed by atoms with Gasteiger partial charge >= 0.3 is 0 Å². The van der Waals surface area contributed by atoms with Crippen molar-refractivity contribution in [1.29, 1.82) is 0 Å². The van der Waals surface area contributed by atoms with E-state index < -0.39 is 0 Å². The van der Waals surface area contributed by atoms with Crippen LogP contribution in [0.5, 0.6) is 17.5 Å². The van der Waals surface area contributed by atoms with Crippen LogP contribution in [0.3, 0.4) is 0 Å². The summed E-state index contributed by atoms with van der Waals surface area (Å²) in [6, 6.07) is 25.1. The number of hydrogen-bond donors (Lipinski definition) is 0. The highest BCUT2D eigenvalue weighted by Crippen LogP contribution is 2.49. The van der Waals surface area contributed by atoms with Gasteiger partial charge in [0.05, 0.1) is 41.8 Å². The molecule has 0 radical (unpaired) electrons. The fraction of sp³-hybridized carbons (Fsp3) is 0.129. The van der Waals surface area contributed by atoms with Crippen molar-refractivity contribution in [1.82, 2.24) is 29.4 Å². The maximum Gasteiger partial charge on any atom is 0.230 e. The lowest BCUT2D eigenvalue weighted by Crippen LogP contribution is -2.16. The number of methoxy groups -OCH3 is 1. The Morgan fingerprint density at radius 1 is 0.976 bits per heavy atom. The van der Waals surface area contributed by atoms with E-state index in [9.17, 15) is 0 Å². The minimum atomic E-state index is -0.291. The average Bonchev–Trinajstić information content (AvgIpc) is 3.60. The van der Waals surface area contributed by atoms with Crippen molar-refractivity contribution in [2.45, 2.75) is 19.4 Å². The summed E-state index contributed by atoms with van der Waals surface area (Å²) in [5.41, 5.74) is 5.86. The molecule has 10 nitrogen and oxygen atoms in total. The Balaban J connectivity index is 1.31. The van der Waals surface area contributed by atoms with E-state index in [0.29, 0.717) is 28.3 Å². The van der Waals surface area contributed by atoms with Gasteiger partial charge in [0.2, 0.25) is 11.8 Å². The molecule has 0 N–H and O–H groups in total. The Morgan fingerprint density at radius 2 is 1.76 bits per heavy atom. The molecule has 42 heavy (non-hydrogen) atoms. The molecular weight excluding hydrogens is 554 g/mol. The van der Waals surface area contributed by atoms with Crippen molar-refractivity contribution in [3.8, 4) is 23.2 Å². The minimum absolute atomic E-state index is 0.0899. The first kappa shape index (κ1) is 25.7. The van der Waals surface area contributed by atoms with Gasteiger partial charge < -0.3 is 14.3 Å². The van der Waals surface area contributed by atoms with Gasteiger partial charge in [0.1, 0.15) is 12.1 Å². The van der Waals surface area contributed by atoms with Crippen LogP contribution >= 0.6 is 11.6 Å². The second-order valence-corrected chi connectivity index (χ2v) is 10.1. The number of rotatable bonds is 7. The molecule has 3 aromatic carbocycles. The lowest BCUT2D eigenvalue weighted by molar-refractivity contribution is 0.126. The number of fused-ring (bicyclic) bond motifs is 4. The summed E-state index contributed by atoms with van der Waals surface area (Å²) >= 11 is 6.16. The smallest absolute Gasteiger partial charge is 0.230 e. The molecule has 0 amide bonds. The summed E-state index contributed by atoms with van der Waals surface area (Å²) in [4.78, 5) is 15.0. The van der Waals surface area contributed by atoms with Crippen molar-refractivity contribution in [2.24, 2.45) is 5.16 Å². The van der Waals surface area contributed by atoms with Crippen molar-refractivity contribution in [2.75, 3.05) is 7.11 Å². The summed E-state index contributed by atoms with van der Waals surface area (Å²) in [5.74, 6) is 1.93. The number of oxime groups is 1. The van der Waals surface area contributed by atoms with Crippen LogP contribution < -0.4 is 9.47 Å². The molecule has 1 aliphatic rings. The Kier molecular flexibility index (Phi) is 6.52. The van der Waals surface area contributed by atoms with E-state index in [1.165, 1.54) is 0 Å². The lowest BCUT2D eigenvalue weighted by atomic mass is 9.84. The van der Waals surface area contributed by atoms with Crippen LogP contribution in [-0.2, 0) is 11.4 Å². The number of hydrogen-bond acceptors (Lipinski definition) is 8. The lowest BCUT2D eigenvalue weighted by Gasteiger charge is -2.26. The Bertz CT molecular complexity index is 1920. The minimum Gasteiger partial charge on any atom is -0.497 e. The van der Waals surface area contributed by atoms with Gasteiger partial charge in [-0.3, -0.25) is 0 Å². The molecule has 6 aromatic rings. The number of ether oxygens (including phenoxy) is 2. The summed E-state index contributed by atoms with van der Waals surface area (Å²) < 4.78 is 15.3. The molecule has 0 fully saturated rings. The van der Waals surface area contributed by atoms with Gasteiger partial charge in [-0.15, -0.1) is 5.10 Å². The third-order valence-electron chi connectivity index (χ3n) is 7.05. The van der Waals surface area contributed by atoms with Crippen LogP contribution in [0.25, 0.3) is 11.3 Å². The fourth-order valence-electron chi connectivity index (χ4n) is 5.10. The first-order chi connectivity index (χ1) is 20.6. The summed E-state index contributed by atoms with van der Waals surface area (Å²) in [7, 11) is 1.65. The molecule has 0 bridgehead atoms. The van der Waals surface area contributed by atoms with E-state index in [0.717, 1.165) is 39.4 Å². The van der Waals surface area contributed by atoms with Crippen LogP contribution in [0.15, 0.2) is 90.3 Å². The standard InChI is InChI=1S/C31H24ClN7O3/c1-19-26-27(21-8-14-24(40-2)15-9-21)28-29-35-25(17-41-34-16-20-6-4-3-5-7-20)37-38(29)18-33-30(28)42-31(26)39(36-19)23-12-10-22(32)11-13-23/h3-16,18,27H,17H2,1-2H3/b34-16-/t27-/m0/s1. The zero-order valence-corrected chi connectivity index (χ0v) is 23.4. The van der Waals surface area contributed by atoms with Crippen molar-refractivity contribution >= 4 is 23.5 Å². The zero-order chi connectivity index (χ0) is 28.6. The van der Waals surface area contributed by atoms with Crippen LogP contribution in [0.1, 0.15) is 39.7 Å². The normalized spacial score (nSPS) is 14.0. The zero-order valence-electron chi connectivity index (χ0n) is 22.7. The Morgan fingerprint density at radius 3 is 2.52 bits per heavy atom. The quantitative estimate of drug-likeness (QED) is 0.166. The summed E-state index contributed by atoms with van der Waals surface area (Å²) in [5, 5.41) is 14.2. The molecule has 0 unspecified atom stereocenters. The Labute approximate surface area is 245 Å². The second kappa shape index (κ2) is 10.6. The first-order valence-corrected chi connectivity index (χ1v) is 13.6. The van der Waals surface area contributed by atoms with E-state index in [4.69, 9.17) is 36.0 Å². The highest BCUT2D eigenvalue weighted by Gasteiger charge is 2.38. The van der Waals surface area contributed by atoms with Gasteiger partial charge in [0.25, 0.3) is 0 Å². The highest BCUT2D eigenvalue weighted by atomic mass is 35.5. The molecule has 1 aliphatic heterocycles. The fourth-order valence-corrected chi connectivity index (χ4v) is 5.23. The second-order valence-electron chi connectivity index (χ2n) is 9.68. The van der Waals surface area contributed by atoms with Crippen molar-refractivity contribution < 1.29 is 14.3 Å². The molecule has 0 spiro atoms. The van der Waals surface area contributed by atoms with Gasteiger partial charge in [0.15, 0.2) is 18.1 Å². The molecule has 11 heteroatoms. The van der Waals surface area contributed by atoms with E-state index >= 15 is 0 Å². The molecule has 7 rings (SSSR count). The van der Waals surface area contributed by atoms with Crippen molar-refractivity contribution in [3.63, 3.8) is 0 Å². The van der Waals surface area contributed by atoms with Gasteiger partial charge in [-0.1, -0.05) is 59.2 Å². The van der Waals surface area contributed by atoms with Crippen LogP contribution in [-0.4, -0.2) is 42.7 Å². The Hall–Kier alpha value is -5.22. The maximum atomic E-state index is 6.47. The van der Waals surface area contributed by atoms with E-state index in [1.807, 2.05) is 85.8 Å². The molecule has 4 heterocycles. The van der Waals surface area contributed by atoms with Crippen LogP contribution in [0.4, 0.5) is 0 Å². The van der Waals surface area contributed by atoms with Crippen LogP contribution in [0, 0.1) is 6.92 Å². The number of aryl methyl sites for hydroxylation is 1. The largest absolute Gasteiger partial charge is 0.497 e. The number of halogens is 1. The summed E-state index contributed by atoms with van der Waals surface area (Å²) in [6.45, 7) is 2.06. The molecule has 0 saturated carbocycles. The van der Waals surface area contributed by atoms with E-state index in [-0.39, 0.29) is 12.5 Å². The molecular formula is C31H24ClN7O3.